The van der Waals surface area contributed by atoms with Crippen LogP contribution in [0, 0.1) is 11.8 Å². The second kappa shape index (κ2) is 27.0. The summed E-state index contributed by atoms with van der Waals surface area (Å²) in [5, 5.41) is 30.8. The maximum atomic E-state index is 14.4. The Balaban J connectivity index is 1.75. The highest BCUT2D eigenvalue weighted by molar-refractivity contribution is 8.76. The molecule has 25 heteroatoms. The first-order valence-electron chi connectivity index (χ1n) is 22.6. The normalized spacial score (nSPS) is 26.4. The van der Waals surface area contributed by atoms with Crippen LogP contribution in [-0.2, 0) is 59.2 Å². The molecule has 0 saturated carbocycles. The van der Waals surface area contributed by atoms with Gasteiger partial charge in [-0.15, -0.1) is 0 Å². The highest BCUT2D eigenvalue weighted by atomic mass is 33.1. The first-order valence-corrected chi connectivity index (χ1v) is 25.1. The highest BCUT2D eigenvalue weighted by Crippen LogP contribution is 2.26. The fraction of sp³-hybridized carbons (Fsp3) is 0.605. The molecule has 2 bridgehead atoms. The molecule has 3 heterocycles. The molecular formula is C43H63N11O12S2. The molecule has 3 aliphatic rings. The van der Waals surface area contributed by atoms with E-state index in [4.69, 9.17) is 11.5 Å². The minimum atomic E-state index is -1.67. The van der Waals surface area contributed by atoms with Crippen LogP contribution in [0.25, 0.3) is 0 Å². The largest absolute Gasteiger partial charge is 0.508 e. The monoisotopic (exact) mass is 989 g/mol. The van der Waals surface area contributed by atoms with Gasteiger partial charge in [0.2, 0.25) is 65.0 Å². The molecule has 23 nitrogen and oxygen atoms in total. The second-order valence-corrected chi connectivity index (χ2v) is 19.6. The number of nitrogens with one attached hydrogen (secondary N) is 8. The van der Waals surface area contributed by atoms with E-state index in [1.807, 2.05) is 0 Å². The van der Waals surface area contributed by atoms with Gasteiger partial charge in [0.25, 0.3) is 0 Å². The lowest BCUT2D eigenvalue weighted by molar-refractivity contribution is -0.142. The molecule has 68 heavy (non-hydrogen) atoms. The molecule has 1 aromatic carbocycles. The van der Waals surface area contributed by atoms with Crippen LogP contribution >= 0.6 is 21.6 Å². The van der Waals surface area contributed by atoms with E-state index in [1.54, 1.807) is 26.0 Å². The van der Waals surface area contributed by atoms with Crippen molar-refractivity contribution in [3.63, 3.8) is 0 Å². The van der Waals surface area contributed by atoms with Gasteiger partial charge in [-0.2, -0.15) is 0 Å². The third kappa shape index (κ3) is 17.2. The van der Waals surface area contributed by atoms with E-state index in [0.717, 1.165) is 21.6 Å². The van der Waals surface area contributed by atoms with Gasteiger partial charge in [-0.3, -0.25) is 52.7 Å². The van der Waals surface area contributed by atoms with Crippen LogP contribution < -0.4 is 54.0 Å². The smallest absolute Gasteiger partial charge is 0.246 e. The number of phenols is 1. The van der Waals surface area contributed by atoms with Crippen molar-refractivity contribution in [1.82, 2.24) is 47.4 Å². The fourth-order valence-corrected chi connectivity index (χ4v) is 9.83. The number of primary amides is 2. The fourth-order valence-electron chi connectivity index (χ4n) is 7.68. The van der Waals surface area contributed by atoms with Gasteiger partial charge in [-0.05, 0) is 55.7 Å². The summed E-state index contributed by atoms with van der Waals surface area (Å²) in [4.78, 5) is 150. The lowest BCUT2D eigenvalue weighted by atomic mass is 9.96. The van der Waals surface area contributed by atoms with Crippen molar-refractivity contribution in [2.45, 2.75) is 114 Å². The Morgan fingerprint density at radius 2 is 1.51 bits per heavy atom. The van der Waals surface area contributed by atoms with Crippen LogP contribution in [-0.4, -0.2) is 149 Å². The van der Waals surface area contributed by atoms with Gasteiger partial charge in [-0.25, -0.2) is 0 Å². The van der Waals surface area contributed by atoms with Crippen molar-refractivity contribution >= 4 is 86.6 Å². The number of aromatic hydroxyl groups is 1. The molecule has 3 unspecified atom stereocenters. The first-order chi connectivity index (χ1) is 32.4. The second-order valence-electron chi connectivity index (χ2n) is 16.9. The summed E-state index contributed by atoms with van der Waals surface area (Å²) < 4.78 is 0. The van der Waals surface area contributed by atoms with Crippen LogP contribution in [0.5, 0.6) is 5.75 Å². The predicted octanol–water partition coefficient (Wildman–Crippen LogP) is -2.92. The SMILES string of the molecule is CC[C@H](C)[C@@H]1NC(=O)[C@H](Cc2ccc(O)cc2)NC(=O)CCSSCC2NC(=O)[C@H](CC(N)=O)NC(=O)C(CNC1=O)CC(=O)NCCCC[C@H](C(=O)NCC(N)=O)NC(=O)C1CCCN1C2=O. The van der Waals surface area contributed by atoms with E-state index in [2.05, 4.69) is 42.5 Å². The first kappa shape index (κ1) is 54.5. The number of amides is 11. The van der Waals surface area contributed by atoms with Crippen LogP contribution in [0.1, 0.15) is 77.2 Å². The maximum absolute atomic E-state index is 14.4. The van der Waals surface area contributed by atoms with Crippen LogP contribution in [0.2, 0.25) is 0 Å². The minimum Gasteiger partial charge on any atom is -0.508 e. The number of hydrogen-bond donors (Lipinski definition) is 11. The Hall–Kier alpha value is -6.11. The molecule has 374 valence electrons. The molecule has 4 rings (SSSR count). The summed E-state index contributed by atoms with van der Waals surface area (Å²) in [5.41, 5.74) is 11.3. The molecule has 0 aliphatic carbocycles. The van der Waals surface area contributed by atoms with Gasteiger partial charge in [0, 0.05) is 50.4 Å². The molecular weight excluding hydrogens is 927 g/mol. The van der Waals surface area contributed by atoms with Gasteiger partial charge in [-0.1, -0.05) is 54.0 Å². The van der Waals surface area contributed by atoms with Crippen molar-refractivity contribution in [1.29, 1.82) is 0 Å². The average molecular weight is 990 g/mol. The van der Waals surface area contributed by atoms with E-state index in [0.29, 0.717) is 18.4 Å². The van der Waals surface area contributed by atoms with Gasteiger partial charge >= 0.3 is 0 Å². The number of nitrogens with two attached hydrogens (primary N) is 2. The number of hydrogen-bond acceptors (Lipinski definition) is 14. The zero-order chi connectivity index (χ0) is 49.9. The van der Waals surface area contributed by atoms with Crippen LogP contribution in [0.15, 0.2) is 24.3 Å². The lowest BCUT2D eigenvalue weighted by Crippen LogP contribution is -2.59. The maximum Gasteiger partial charge on any atom is 0.246 e. The number of carbonyl (C=O) groups excluding carboxylic acids is 11. The molecule has 8 atom stereocenters. The molecule has 0 spiro atoms. The summed E-state index contributed by atoms with van der Waals surface area (Å²) in [5.74, 6) is -10.3. The van der Waals surface area contributed by atoms with E-state index in [1.165, 1.54) is 17.0 Å². The summed E-state index contributed by atoms with van der Waals surface area (Å²) in [6.45, 7) is 2.65. The molecule has 13 N–H and O–H groups in total. The predicted molar refractivity (Wildman–Crippen MR) is 249 cm³/mol. The summed E-state index contributed by atoms with van der Waals surface area (Å²) in [6.07, 6.45) is 0.195. The summed E-state index contributed by atoms with van der Waals surface area (Å²) in [7, 11) is 2.26. The molecule has 0 aromatic heterocycles. The number of nitrogens with zero attached hydrogens (tertiary/aromatic N) is 1. The third-order valence-electron chi connectivity index (χ3n) is 11.7. The van der Waals surface area contributed by atoms with Crippen molar-refractivity contribution < 1.29 is 57.8 Å². The van der Waals surface area contributed by atoms with Crippen molar-refractivity contribution in [3.8, 4) is 5.75 Å². The third-order valence-corrected chi connectivity index (χ3v) is 14.1. The lowest BCUT2D eigenvalue weighted by Gasteiger charge is -2.30. The highest BCUT2D eigenvalue weighted by Gasteiger charge is 2.40. The van der Waals surface area contributed by atoms with Crippen molar-refractivity contribution in [2.75, 3.05) is 37.7 Å². The van der Waals surface area contributed by atoms with E-state index in [9.17, 15) is 57.8 Å². The Labute approximate surface area is 401 Å². The van der Waals surface area contributed by atoms with Gasteiger partial charge < -0.3 is 64.0 Å². The van der Waals surface area contributed by atoms with Gasteiger partial charge in [0.1, 0.15) is 42.0 Å². The number of phenolic OH excluding ortho intramolecular Hbond substituents is 1. The molecule has 3 aliphatic heterocycles. The molecule has 3 saturated heterocycles. The zero-order valence-electron chi connectivity index (χ0n) is 38.1. The molecule has 1 aromatic rings. The summed E-state index contributed by atoms with van der Waals surface area (Å²) >= 11 is 0. The number of rotatable bonds is 9. The van der Waals surface area contributed by atoms with Crippen molar-refractivity contribution in [3.05, 3.63) is 29.8 Å². The quantitative estimate of drug-likeness (QED) is 0.111. The van der Waals surface area contributed by atoms with E-state index in [-0.39, 0.29) is 68.9 Å². The summed E-state index contributed by atoms with van der Waals surface area (Å²) in [6, 6.07) is -1.68. The Morgan fingerprint density at radius 1 is 0.794 bits per heavy atom. The molecule has 3 fully saturated rings. The zero-order valence-corrected chi connectivity index (χ0v) is 39.7. The Bertz CT molecular complexity index is 2030. The average Bonchev–Trinajstić information content (AvgIpc) is 3.79. The van der Waals surface area contributed by atoms with Gasteiger partial charge in [0.15, 0.2) is 0 Å². The van der Waals surface area contributed by atoms with E-state index >= 15 is 0 Å². The Morgan fingerprint density at radius 3 is 2.21 bits per heavy atom. The molecule has 0 radical (unpaired) electrons. The van der Waals surface area contributed by atoms with Crippen LogP contribution in [0.4, 0.5) is 0 Å². The standard InChI is InChI=1S/C43H63N11O12S2/c1-3-23(2)36-42(65)47-20-25-18-35(59)46-14-5-4-7-27(38(61)48-21-33(45)57)50-41(64)31-8-6-15-54(31)43(66)30(52-39(62)29(19-32(44)56)51-37(25)60)22-68-67-16-13-34(58)49-28(40(63)53-36)17-24-9-11-26(55)12-10-24/h9-12,23,25,27-31,36,55H,3-8,13-22H2,1-2H3,(H2,44,56)(H2,45,57)(H,46,59)(H,47,65)(H,48,61)(H,49,58)(H,50,64)(H,51,60)(H,52,62)(H,53,63)/t23-,25?,27+,28-,29-,30?,31?,36-/m0/s1. The van der Waals surface area contributed by atoms with E-state index < -0.39 is 139 Å². The topological polar surface area (TPSA) is 360 Å². The number of carbonyl (C=O) groups is 11. The number of benzene rings is 1. The van der Waals surface area contributed by atoms with Crippen LogP contribution in [0.3, 0.4) is 0 Å². The molecule has 11 amide bonds. The minimum absolute atomic E-state index is 0.0114. The van der Waals surface area contributed by atoms with Crippen molar-refractivity contribution in [2.24, 2.45) is 23.3 Å². The number of fused-ring (bicyclic) bond motifs is 7. The Kier molecular flexibility index (Phi) is 21.7. The van der Waals surface area contributed by atoms with Gasteiger partial charge in [0.05, 0.1) is 18.9 Å².